The second kappa shape index (κ2) is 12.4. The fourth-order valence-corrected chi connectivity index (χ4v) is 9.00. The maximum absolute atomic E-state index is 6.48. The molecule has 254 valence electrons. The van der Waals surface area contributed by atoms with Gasteiger partial charge in [-0.15, -0.1) is 11.3 Å². The lowest BCUT2D eigenvalue weighted by Gasteiger charge is -2.24. The van der Waals surface area contributed by atoms with Gasteiger partial charge in [0, 0.05) is 42.1 Å². The summed E-state index contributed by atoms with van der Waals surface area (Å²) in [6, 6.07) is 62.2. The van der Waals surface area contributed by atoms with Gasteiger partial charge in [-0.25, -0.2) is 9.98 Å². The Morgan fingerprint density at radius 2 is 1.24 bits per heavy atom. The third-order valence-corrected chi connectivity index (χ3v) is 11.7. The van der Waals surface area contributed by atoms with Gasteiger partial charge in [0.1, 0.15) is 23.2 Å². The second-order valence-corrected chi connectivity index (χ2v) is 14.9. The number of aliphatic imine (C=N–C) groups is 2. The minimum absolute atomic E-state index is 0.322. The van der Waals surface area contributed by atoms with Crippen molar-refractivity contribution in [3.63, 3.8) is 0 Å². The van der Waals surface area contributed by atoms with Crippen LogP contribution in [0.15, 0.2) is 190 Å². The first kappa shape index (κ1) is 30.8. The number of nitrogens with one attached hydrogen (secondary N) is 1. The molecule has 0 bridgehead atoms. The molecule has 0 saturated heterocycles. The zero-order valence-corrected chi connectivity index (χ0v) is 29.8. The lowest BCUT2D eigenvalue weighted by Crippen LogP contribution is -2.33. The highest BCUT2D eigenvalue weighted by Crippen LogP contribution is 2.39. The Morgan fingerprint density at radius 3 is 2.19 bits per heavy atom. The van der Waals surface area contributed by atoms with Crippen LogP contribution in [0.2, 0.25) is 0 Å². The van der Waals surface area contributed by atoms with Crippen LogP contribution in [0.1, 0.15) is 22.9 Å². The molecule has 0 aliphatic carbocycles. The molecule has 0 radical (unpaired) electrons. The predicted octanol–water partition coefficient (Wildman–Crippen LogP) is 12.9. The second-order valence-electron chi connectivity index (χ2n) is 13.8. The normalized spacial score (nSPS) is 14.5. The van der Waals surface area contributed by atoms with Gasteiger partial charge in [-0.3, -0.25) is 0 Å². The standard InChI is InChI=1S/C49H31N3OS/c1-2-10-30(11-3-1)33-22-25-41-43(28-33)53-42-18-9-17-38(46(41)42)34-14-8-15-35(27-34)47-50-48(36-21-20-31-12-4-5-13-32(31)26-36)52-49(51-47)37-23-24-40-39-16-6-7-19-44(39)54-45(40)29-37/h1-29,49H,(H,50,51,52). The summed E-state index contributed by atoms with van der Waals surface area (Å²) >= 11 is 1.82. The van der Waals surface area contributed by atoms with E-state index in [0.717, 1.165) is 66.5 Å². The molecule has 0 fully saturated rings. The van der Waals surface area contributed by atoms with E-state index in [2.05, 4.69) is 175 Å². The quantitative estimate of drug-likeness (QED) is 0.193. The van der Waals surface area contributed by atoms with E-state index in [1.807, 2.05) is 17.4 Å². The molecule has 1 N–H and O–H groups in total. The molecule has 1 aliphatic rings. The number of furan rings is 1. The van der Waals surface area contributed by atoms with E-state index >= 15 is 0 Å². The average Bonchev–Trinajstić information content (AvgIpc) is 3.81. The van der Waals surface area contributed by atoms with Gasteiger partial charge in [-0.1, -0.05) is 133 Å². The maximum Gasteiger partial charge on any atom is 0.159 e. The summed E-state index contributed by atoms with van der Waals surface area (Å²) < 4.78 is 9.02. The molecule has 5 heteroatoms. The largest absolute Gasteiger partial charge is 0.456 e. The summed E-state index contributed by atoms with van der Waals surface area (Å²) in [6.07, 6.45) is -0.322. The van der Waals surface area contributed by atoms with E-state index in [4.69, 9.17) is 14.4 Å². The summed E-state index contributed by atoms with van der Waals surface area (Å²) in [6.45, 7) is 0. The van der Waals surface area contributed by atoms with Gasteiger partial charge < -0.3 is 9.73 Å². The number of benzene rings is 8. The summed E-state index contributed by atoms with van der Waals surface area (Å²) in [5.74, 6) is 1.49. The monoisotopic (exact) mass is 709 g/mol. The number of hydrogen-bond donors (Lipinski definition) is 1. The van der Waals surface area contributed by atoms with Crippen molar-refractivity contribution in [2.75, 3.05) is 0 Å². The van der Waals surface area contributed by atoms with Gasteiger partial charge >= 0.3 is 0 Å². The van der Waals surface area contributed by atoms with Crippen molar-refractivity contribution < 1.29 is 4.42 Å². The first-order chi connectivity index (χ1) is 26.7. The molecule has 8 aromatic carbocycles. The Morgan fingerprint density at radius 1 is 0.481 bits per heavy atom. The maximum atomic E-state index is 6.48. The SMILES string of the molecule is c1ccc(-c2ccc3c(c2)oc2cccc(-c4cccc(C5=NC(c6ccc7ccccc7c6)=NC(c6ccc7c(c6)sc6ccccc67)N5)c4)c23)cc1. The highest BCUT2D eigenvalue weighted by molar-refractivity contribution is 7.25. The number of nitrogens with zero attached hydrogens (tertiary/aromatic N) is 2. The molecule has 1 atom stereocenters. The van der Waals surface area contributed by atoms with E-state index in [-0.39, 0.29) is 6.17 Å². The molecule has 0 amide bonds. The van der Waals surface area contributed by atoms with Crippen molar-refractivity contribution in [2.24, 2.45) is 9.98 Å². The van der Waals surface area contributed by atoms with Gasteiger partial charge in [0.2, 0.25) is 0 Å². The van der Waals surface area contributed by atoms with E-state index in [9.17, 15) is 0 Å². The third kappa shape index (κ3) is 5.20. The van der Waals surface area contributed by atoms with Crippen LogP contribution in [0.4, 0.5) is 0 Å². The molecule has 3 heterocycles. The molecule has 2 aromatic heterocycles. The minimum atomic E-state index is -0.322. The van der Waals surface area contributed by atoms with E-state index in [1.54, 1.807) is 0 Å². The lowest BCUT2D eigenvalue weighted by atomic mass is 9.96. The summed E-state index contributed by atoms with van der Waals surface area (Å²) in [4.78, 5) is 10.5. The van der Waals surface area contributed by atoms with Gasteiger partial charge in [-0.2, -0.15) is 0 Å². The van der Waals surface area contributed by atoms with Crippen molar-refractivity contribution in [3.05, 3.63) is 193 Å². The van der Waals surface area contributed by atoms with Crippen molar-refractivity contribution in [3.8, 4) is 22.3 Å². The molecule has 1 aliphatic heterocycles. The first-order valence-corrected chi connectivity index (χ1v) is 19.0. The van der Waals surface area contributed by atoms with E-state index < -0.39 is 0 Å². The molecule has 4 nitrogen and oxygen atoms in total. The molecular weight excluding hydrogens is 679 g/mol. The topological polar surface area (TPSA) is 49.9 Å². The first-order valence-electron chi connectivity index (χ1n) is 18.2. The molecule has 1 unspecified atom stereocenters. The zero-order chi connectivity index (χ0) is 35.6. The van der Waals surface area contributed by atoms with Crippen LogP contribution in [0.3, 0.4) is 0 Å². The van der Waals surface area contributed by atoms with E-state index in [1.165, 1.54) is 31.1 Å². The Kier molecular flexibility index (Phi) is 7.07. The average molecular weight is 710 g/mol. The van der Waals surface area contributed by atoms with E-state index in [0.29, 0.717) is 5.84 Å². The Balaban J connectivity index is 1.02. The molecule has 11 rings (SSSR count). The highest BCUT2D eigenvalue weighted by Gasteiger charge is 2.23. The van der Waals surface area contributed by atoms with Crippen molar-refractivity contribution in [1.29, 1.82) is 0 Å². The van der Waals surface area contributed by atoms with Crippen LogP contribution in [0.25, 0.3) is 75.1 Å². The molecular formula is C49H31N3OS. The Labute approximate surface area is 315 Å². The smallest absolute Gasteiger partial charge is 0.159 e. The highest BCUT2D eigenvalue weighted by atomic mass is 32.1. The summed E-state index contributed by atoms with van der Waals surface area (Å²) in [5.41, 5.74) is 9.34. The Bertz CT molecular complexity index is 3150. The number of amidine groups is 2. The number of thiophene rings is 1. The zero-order valence-electron chi connectivity index (χ0n) is 29.0. The van der Waals surface area contributed by atoms with Gasteiger partial charge in [-0.05, 0) is 81.1 Å². The fourth-order valence-electron chi connectivity index (χ4n) is 7.85. The van der Waals surface area contributed by atoms with Crippen LogP contribution in [0, 0.1) is 0 Å². The van der Waals surface area contributed by atoms with Crippen molar-refractivity contribution in [2.45, 2.75) is 6.17 Å². The molecule has 54 heavy (non-hydrogen) atoms. The molecule has 10 aromatic rings. The Hall–Kier alpha value is -6.82. The van der Waals surface area contributed by atoms with Crippen LogP contribution >= 0.6 is 11.3 Å². The number of hydrogen-bond acceptors (Lipinski definition) is 5. The fraction of sp³-hybridized carbons (Fsp3) is 0.0204. The van der Waals surface area contributed by atoms with Crippen molar-refractivity contribution in [1.82, 2.24) is 5.32 Å². The predicted molar refractivity (Wildman–Crippen MR) is 227 cm³/mol. The molecule has 0 saturated carbocycles. The van der Waals surface area contributed by atoms with Gasteiger partial charge in [0.25, 0.3) is 0 Å². The number of rotatable bonds is 5. The van der Waals surface area contributed by atoms with Crippen molar-refractivity contribution >= 4 is 75.9 Å². The van der Waals surface area contributed by atoms with Gasteiger partial charge in [0.15, 0.2) is 5.84 Å². The molecule has 0 spiro atoms. The summed E-state index contributed by atoms with van der Waals surface area (Å²) in [7, 11) is 0. The van der Waals surface area contributed by atoms with Crippen LogP contribution < -0.4 is 5.32 Å². The van der Waals surface area contributed by atoms with Crippen LogP contribution in [0.5, 0.6) is 0 Å². The number of fused-ring (bicyclic) bond motifs is 7. The van der Waals surface area contributed by atoms with Crippen LogP contribution in [-0.2, 0) is 0 Å². The lowest BCUT2D eigenvalue weighted by molar-refractivity contribution is 0.669. The third-order valence-electron chi connectivity index (χ3n) is 10.5. The van der Waals surface area contributed by atoms with Gasteiger partial charge in [0.05, 0.1) is 0 Å². The van der Waals surface area contributed by atoms with Crippen LogP contribution in [-0.4, -0.2) is 11.7 Å². The minimum Gasteiger partial charge on any atom is -0.456 e. The summed E-state index contributed by atoms with van der Waals surface area (Å²) in [5, 5.41) is 10.9.